The second-order valence-corrected chi connectivity index (χ2v) is 10.0. The minimum atomic E-state index is -3.62. The van der Waals surface area contributed by atoms with Gasteiger partial charge in [0.15, 0.2) is 0 Å². The lowest BCUT2D eigenvalue weighted by Gasteiger charge is -2.33. The number of nitrogens with one attached hydrogen (secondary N) is 2. The van der Waals surface area contributed by atoms with Gasteiger partial charge in [-0.3, -0.25) is 4.79 Å². The second kappa shape index (κ2) is 10.2. The molecule has 1 fully saturated rings. The molecular formula is C20H32N4O5S. The average molecular weight is 441 g/mol. The molecular weight excluding hydrogens is 408 g/mol. The summed E-state index contributed by atoms with van der Waals surface area (Å²) in [6.45, 7) is 10.6. The summed E-state index contributed by atoms with van der Waals surface area (Å²) in [5.74, 6) is -0.336. The molecule has 168 valence electrons. The van der Waals surface area contributed by atoms with E-state index in [2.05, 4.69) is 22.5 Å². The highest BCUT2D eigenvalue weighted by molar-refractivity contribution is 7.89. The third-order valence-corrected chi connectivity index (χ3v) is 6.45. The Balaban J connectivity index is 1.90. The highest BCUT2D eigenvalue weighted by atomic mass is 32.2. The third kappa shape index (κ3) is 7.26. The lowest BCUT2D eigenvalue weighted by molar-refractivity contribution is -0.116. The first kappa shape index (κ1) is 24.1. The second-order valence-electron chi connectivity index (χ2n) is 8.09. The molecule has 2 N–H and O–H groups in total. The van der Waals surface area contributed by atoms with Crippen molar-refractivity contribution in [3.63, 3.8) is 0 Å². The topological polar surface area (TPSA) is 108 Å². The van der Waals surface area contributed by atoms with Crippen molar-refractivity contribution in [2.75, 3.05) is 44.6 Å². The zero-order valence-electron chi connectivity index (χ0n) is 18.1. The summed E-state index contributed by atoms with van der Waals surface area (Å²) in [5.41, 5.74) is -0.216. The van der Waals surface area contributed by atoms with Crippen LogP contribution < -0.4 is 10.6 Å². The number of likely N-dealkylation sites (N-methyl/N-ethyl adjacent to an activating group) is 1. The summed E-state index contributed by atoms with van der Waals surface area (Å²) in [5, 5.41) is 5.19. The number of sulfonamides is 1. The van der Waals surface area contributed by atoms with Crippen molar-refractivity contribution in [3.05, 3.63) is 24.3 Å². The van der Waals surface area contributed by atoms with Crippen LogP contribution in [0.5, 0.6) is 0 Å². The number of carbonyl (C=O) groups excluding carboxylic acids is 2. The molecule has 0 spiro atoms. The maximum Gasteiger partial charge on any atom is 0.407 e. The molecule has 0 atom stereocenters. The molecule has 0 aliphatic carbocycles. The van der Waals surface area contributed by atoms with Gasteiger partial charge in [-0.2, -0.15) is 4.31 Å². The number of nitrogens with zero attached hydrogens (tertiary/aromatic N) is 2. The highest BCUT2D eigenvalue weighted by Crippen LogP contribution is 2.21. The Kier molecular flexibility index (Phi) is 8.22. The molecule has 2 rings (SSSR count). The number of anilines is 1. The summed E-state index contributed by atoms with van der Waals surface area (Å²) >= 11 is 0. The molecule has 2 amide bonds. The SMILES string of the molecule is CCN1CCN(S(=O)(=O)c2cccc(NC(=O)CCNC(=O)OC(C)(C)C)c2)CC1. The van der Waals surface area contributed by atoms with E-state index >= 15 is 0 Å². The third-order valence-electron chi connectivity index (χ3n) is 4.55. The standard InChI is InChI=1S/C20H32N4O5S/c1-5-23-11-13-24(14-12-23)30(27,28)17-8-6-7-16(15-17)22-18(25)9-10-21-19(26)29-20(2,3)4/h6-8,15H,5,9-14H2,1-4H3,(H,21,26)(H,22,25). The van der Waals surface area contributed by atoms with E-state index in [1.807, 2.05) is 0 Å². The molecule has 0 bridgehead atoms. The monoisotopic (exact) mass is 440 g/mol. The number of hydrogen-bond acceptors (Lipinski definition) is 6. The van der Waals surface area contributed by atoms with Crippen molar-refractivity contribution < 1.29 is 22.7 Å². The Morgan fingerprint density at radius 3 is 2.40 bits per heavy atom. The number of amides is 2. The molecule has 1 aliphatic rings. The number of rotatable bonds is 7. The van der Waals surface area contributed by atoms with Gasteiger partial charge in [-0.05, 0) is 45.5 Å². The van der Waals surface area contributed by atoms with Crippen LogP contribution in [-0.4, -0.2) is 74.5 Å². The van der Waals surface area contributed by atoms with Gasteiger partial charge in [-0.1, -0.05) is 13.0 Å². The molecule has 30 heavy (non-hydrogen) atoms. The van der Waals surface area contributed by atoms with Gasteiger partial charge < -0.3 is 20.3 Å². The van der Waals surface area contributed by atoms with E-state index < -0.39 is 21.7 Å². The average Bonchev–Trinajstić information content (AvgIpc) is 2.66. The van der Waals surface area contributed by atoms with E-state index in [9.17, 15) is 18.0 Å². The largest absolute Gasteiger partial charge is 0.444 e. The molecule has 0 radical (unpaired) electrons. The fourth-order valence-electron chi connectivity index (χ4n) is 2.99. The molecule has 0 saturated carbocycles. The lowest BCUT2D eigenvalue weighted by atomic mass is 10.2. The van der Waals surface area contributed by atoms with Crippen molar-refractivity contribution in [1.82, 2.24) is 14.5 Å². The fraction of sp³-hybridized carbons (Fsp3) is 0.600. The number of piperazine rings is 1. The van der Waals surface area contributed by atoms with Crippen LogP contribution in [0.25, 0.3) is 0 Å². The first-order valence-corrected chi connectivity index (χ1v) is 11.5. The van der Waals surface area contributed by atoms with Gasteiger partial charge in [0.2, 0.25) is 15.9 Å². The first-order chi connectivity index (χ1) is 14.0. The van der Waals surface area contributed by atoms with Gasteiger partial charge in [-0.15, -0.1) is 0 Å². The normalized spacial score (nSPS) is 16.1. The van der Waals surface area contributed by atoms with Gasteiger partial charge in [-0.25, -0.2) is 13.2 Å². The minimum absolute atomic E-state index is 0.0369. The Morgan fingerprint density at radius 1 is 1.13 bits per heavy atom. The van der Waals surface area contributed by atoms with Crippen molar-refractivity contribution >= 4 is 27.7 Å². The maximum atomic E-state index is 12.9. The van der Waals surface area contributed by atoms with E-state index in [0.29, 0.717) is 31.9 Å². The van der Waals surface area contributed by atoms with E-state index in [-0.39, 0.29) is 23.8 Å². The van der Waals surface area contributed by atoms with Crippen LogP contribution in [0.3, 0.4) is 0 Å². The van der Waals surface area contributed by atoms with Gasteiger partial charge in [0.1, 0.15) is 5.60 Å². The van der Waals surface area contributed by atoms with Gasteiger partial charge in [0.25, 0.3) is 0 Å². The summed E-state index contributed by atoms with van der Waals surface area (Å²) in [6.07, 6.45) is -0.554. The predicted octanol–water partition coefficient (Wildman–Crippen LogP) is 1.87. The van der Waals surface area contributed by atoms with Gasteiger partial charge in [0.05, 0.1) is 4.90 Å². The summed E-state index contributed by atoms with van der Waals surface area (Å²) < 4.78 is 32.4. The summed E-state index contributed by atoms with van der Waals surface area (Å²) in [6, 6.07) is 6.22. The molecule has 0 unspecified atom stereocenters. The maximum absolute atomic E-state index is 12.9. The van der Waals surface area contributed by atoms with Crippen LogP contribution in [0.15, 0.2) is 29.2 Å². The Bertz CT molecular complexity index is 843. The molecule has 10 heteroatoms. The summed E-state index contributed by atoms with van der Waals surface area (Å²) in [4.78, 5) is 26.1. The number of alkyl carbamates (subject to hydrolysis) is 1. The lowest BCUT2D eigenvalue weighted by Crippen LogP contribution is -2.48. The smallest absolute Gasteiger partial charge is 0.407 e. The number of carbonyl (C=O) groups is 2. The Hall–Kier alpha value is -2.17. The van der Waals surface area contributed by atoms with Crippen molar-refractivity contribution in [2.24, 2.45) is 0 Å². The first-order valence-electron chi connectivity index (χ1n) is 10.1. The number of hydrogen-bond donors (Lipinski definition) is 2. The van der Waals surface area contributed by atoms with E-state index in [4.69, 9.17) is 4.74 Å². The van der Waals surface area contributed by atoms with Crippen LogP contribution in [-0.2, 0) is 19.6 Å². The highest BCUT2D eigenvalue weighted by Gasteiger charge is 2.28. The molecule has 1 heterocycles. The summed E-state index contributed by atoms with van der Waals surface area (Å²) in [7, 11) is -3.62. The molecule has 1 saturated heterocycles. The van der Waals surface area contributed by atoms with E-state index in [0.717, 1.165) is 6.54 Å². The van der Waals surface area contributed by atoms with Crippen LogP contribution in [0.1, 0.15) is 34.1 Å². The Morgan fingerprint density at radius 2 is 1.80 bits per heavy atom. The number of benzene rings is 1. The van der Waals surface area contributed by atoms with Crippen LogP contribution >= 0.6 is 0 Å². The van der Waals surface area contributed by atoms with Gasteiger partial charge in [0, 0.05) is 44.8 Å². The zero-order valence-corrected chi connectivity index (χ0v) is 18.9. The van der Waals surface area contributed by atoms with Crippen LogP contribution in [0, 0.1) is 0 Å². The van der Waals surface area contributed by atoms with Crippen molar-refractivity contribution in [3.8, 4) is 0 Å². The number of ether oxygens (including phenoxy) is 1. The molecule has 1 aliphatic heterocycles. The molecule has 9 nitrogen and oxygen atoms in total. The zero-order chi connectivity index (χ0) is 22.4. The van der Waals surface area contributed by atoms with E-state index in [1.165, 1.54) is 16.4 Å². The van der Waals surface area contributed by atoms with E-state index in [1.54, 1.807) is 32.9 Å². The predicted molar refractivity (Wildman–Crippen MR) is 115 cm³/mol. The minimum Gasteiger partial charge on any atom is -0.444 e. The van der Waals surface area contributed by atoms with Crippen molar-refractivity contribution in [1.29, 1.82) is 0 Å². The Labute approximate surface area is 178 Å². The fourth-order valence-corrected chi connectivity index (χ4v) is 4.45. The van der Waals surface area contributed by atoms with Crippen molar-refractivity contribution in [2.45, 2.75) is 44.6 Å². The molecule has 1 aromatic rings. The molecule has 1 aromatic carbocycles. The quantitative estimate of drug-likeness (QED) is 0.670. The molecule has 0 aromatic heterocycles. The van der Waals surface area contributed by atoms with Crippen LogP contribution in [0.2, 0.25) is 0 Å². The van der Waals surface area contributed by atoms with Gasteiger partial charge >= 0.3 is 6.09 Å². The van der Waals surface area contributed by atoms with Crippen LogP contribution in [0.4, 0.5) is 10.5 Å².